The van der Waals surface area contributed by atoms with Crippen molar-refractivity contribution in [3.8, 4) is 0 Å². The van der Waals surface area contributed by atoms with E-state index in [0.717, 1.165) is 0 Å². The van der Waals surface area contributed by atoms with Crippen molar-refractivity contribution in [2.24, 2.45) is 0 Å². The Labute approximate surface area is 131 Å². The van der Waals surface area contributed by atoms with Crippen LogP contribution in [0.25, 0.3) is 20.2 Å². The van der Waals surface area contributed by atoms with Crippen molar-refractivity contribution in [2.75, 3.05) is 0 Å². The minimum Gasteiger partial charge on any atom is -0.135 e. The fourth-order valence-electron chi connectivity index (χ4n) is 3.16. The van der Waals surface area contributed by atoms with E-state index in [9.17, 15) is 0 Å². The molecular weight excluding hydrogens is 272 g/mol. The summed E-state index contributed by atoms with van der Waals surface area (Å²) in [6, 6.07) is 13.4. The molecule has 2 aromatic carbocycles. The van der Waals surface area contributed by atoms with Crippen LogP contribution in [0.15, 0.2) is 36.4 Å². The fourth-order valence-corrected chi connectivity index (χ4v) is 4.62. The monoisotopic (exact) mass is 296 g/mol. The van der Waals surface area contributed by atoms with E-state index in [2.05, 4.69) is 77.9 Å². The van der Waals surface area contributed by atoms with Gasteiger partial charge < -0.3 is 0 Å². The van der Waals surface area contributed by atoms with Crippen LogP contribution in [-0.2, 0) is 10.8 Å². The lowest BCUT2D eigenvalue weighted by Gasteiger charge is -2.30. The van der Waals surface area contributed by atoms with E-state index in [1.165, 1.54) is 31.3 Å². The van der Waals surface area contributed by atoms with Crippen molar-refractivity contribution in [3.05, 3.63) is 47.5 Å². The first-order valence-electron chi connectivity index (χ1n) is 7.65. The minimum absolute atomic E-state index is 0.156. The lowest BCUT2D eigenvalue weighted by Crippen LogP contribution is -2.21. The van der Waals surface area contributed by atoms with Crippen LogP contribution in [-0.4, -0.2) is 0 Å². The zero-order valence-corrected chi connectivity index (χ0v) is 14.7. The van der Waals surface area contributed by atoms with Gasteiger partial charge in [-0.1, -0.05) is 71.9 Å². The first-order chi connectivity index (χ1) is 9.69. The molecule has 0 atom stereocenters. The molecule has 0 bridgehead atoms. The van der Waals surface area contributed by atoms with Gasteiger partial charge in [0.15, 0.2) is 0 Å². The maximum absolute atomic E-state index is 2.35. The molecule has 0 spiro atoms. The van der Waals surface area contributed by atoms with Gasteiger partial charge in [-0.2, -0.15) is 0 Å². The molecule has 3 rings (SSSR count). The second-order valence-corrected chi connectivity index (χ2v) is 9.02. The molecular formula is C20H24S. The van der Waals surface area contributed by atoms with E-state index in [-0.39, 0.29) is 10.8 Å². The van der Waals surface area contributed by atoms with Crippen LogP contribution >= 0.6 is 11.3 Å². The van der Waals surface area contributed by atoms with Crippen LogP contribution in [0.3, 0.4) is 0 Å². The van der Waals surface area contributed by atoms with Crippen molar-refractivity contribution in [3.63, 3.8) is 0 Å². The Kier molecular flexibility index (Phi) is 3.18. The Bertz CT molecular complexity index is 807. The van der Waals surface area contributed by atoms with Gasteiger partial charge in [-0.15, -0.1) is 11.3 Å². The summed E-state index contributed by atoms with van der Waals surface area (Å²) in [5, 5.41) is 2.80. The van der Waals surface area contributed by atoms with Crippen LogP contribution in [0, 0.1) is 0 Å². The standard InChI is InChI=1S/C20H24S/c1-19(2,3)15-12-11-14-13-9-7-8-10-16(13)21-18(14)17(15)20(4,5)6/h7-12H,1-6H3. The molecule has 0 saturated carbocycles. The lowest BCUT2D eigenvalue weighted by atomic mass is 9.75. The van der Waals surface area contributed by atoms with Gasteiger partial charge in [0, 0.05) is 20.2 Å². The topological polar surface area (TPSA) is 0 Å². The van der Waals surface area contributed by atoms with Crippen LogP contribution in [0.2, 0.25) is 0 Å². The molecule has 1 heterocycles. The molecule has 0 radical (unpaired) electrons. The van der Waals surface area contributed by atoms with E-state index in [0.29, 0.717) is 0 Å². The summed E-state index contributed by atoms with van der Waals surface area (Å²) in [5.41, 5.74) is 3.33. The smallest absolute Gasteiger partial charge is 0.0395 e. The maximum atomic E-state index is 2.35. The molecule has 0 aliphatic heterocycles. The highest BCUT2D eigenvalue weighted by atomic mass is 32.1. The molecule has 0 N–H and O–H groups in total. The molecule has 1 heteroatoms. The van der Waals surface area contributed by atoms with Gasteiger partial charge in [0.1, 0.15) is 0 Å². The van der Waals surface area contributed by atoms with Crippen molar-refractivity contribution in [2.45, 2.75) is 52.4 Å². The van der Waals surface area contributed by atoms with E-state index in [4.69, 9.17) is 0 Å². The van der Waals surface area contributed by atoms with E-state index in [1.54, 1.807) is 0 Å². The number of thiophene rings is 1. The van der Waals surface area contributed by atoms with Crippen molar-refractivity contribution in [1.82, 2.24) is 0 Å². The Morgan fingerprint density at radius 3 is 2.00 bits per heavy atom. The molecule has 110 valence electrons. The second-order valence-electron chi connectivity index (χ2n) is 7.96. The highest BCUT2D eigenvalue weighted by Crippen LogP contribution is 2.44. The number of rotatable bonds is 0. The molecule has 0 saturated heterocycles. The Morgan fingerprint density at radius 1 is 0.714 bits per heavy atom. The fraction of sp³-hybridized carbons (Fsp3) is 0.400. The van der Waals surface area contributed by atoms with Crippen molar-refractivity contribution < 1.29 is 0 Å². The molecule has 0 amide bonds. The molecule has 3 aromatic rings. The molecule has 1 aromatic heterocycles. The number of benzene rings is 2. The van der Waals surface area contributed by atoms with Gasteiger partial charge in [-0.05, 0) is 28.0 Å². The van der Waals surface area contributed by atoms with Gasteiger partial charge in [0.25, 0.3) is 0 Å². The van der Waals surface area contributed by atoms with E-state index < -0.39 is 0 Å². The Morgan fingerprint density at radius 2 is 1.38 bits per heavy atom. The average Bonchev–Trinajstić information content (AvgIpc) is 2.73. The molecule has 0 aliphatic carbocycles. The summed E-state index contributed by atoms with van der Waals surface area (Å²) in [6.07, 6.45) is 0. The lowest BCUT2D eigenvalue weighted by molar-refractivity contribution is 0.535. The first kappa shape index (κ1) is 14.6. The zero-order chi connectivity index (χ0) is 15.4. The number of fused-ring (bicyclic) bond motifs is 3. The van der Waals surface area contributed by atoms with Gasteiger partial charge in [-0.3, -0.25) is 0 Å². The normalized spacial score (nSPS) is 13.2. The third-order valence-corrected chi connectivity index (χ3v) is 5.31. The minimum atomic E-state index is 0.156. The average molecular weight is 296 g/mol. The van der Waals surface area contributed by atoms with E-state index in [1.807, 2.05) is 11.3 Å². The van der Waals surface area contributed by atoms with Gasteiger partial charge in [-0.25, -0.2) is 0 Å². The van der Waals surface area contributed by atoms with Crippen molar-refractivity contribution in [1.29, 1.82) is 0 Å². The van der Waals surface area contributed by atoms with Gasteiger partial charge in [0.05, 0.1) is 0 Å². The van der Waals surface area contributed by atoms with Crippen LogP contribution in [0.4, 0.5) is 0 Å². The highest BCUT2D eigenvalue weighted by Gasteiger charge is 2.28. The molecule has 21 heavy (non-hydrogen) atoms. The largest absolute Gasteiger partial charge is 0.135 e. The molecule has 0 fully saturated rings. The summed E-state index contributed by atoms with van der Waals surface area (Å²) < 4.78 is 2.86. The second kappa shape index (κ2) is 4.58. The van der Waals surface area contributed by atoms with Crippen LogP contribution in [0.1, 0.15) is 52.7 Å². The first-order valence-corrected chi connectivity index (χ1v) is 8.46. The predicted molar refractivity (Wildman–Crippen MR) is 96.7 cm³/mol. The predicted octanol–water partition coefficient (Wildman–Crippen LogP) is 6.65. The van der Waals surface area contributed by atoms with Crippen molar-refractivity contribution >= 4 is 31.5 Å². The SMILES string of the molecule is CC(C)(C)c1ccc2c(sc3ccccc32)c1C(C)(C)C. The summed E-state index contributed by atoms with van der Waals surface area (Å²) in [6.45, 7) is 14.0. The Balaban J connectivity index is 2.50. The number of hydrogen-bond donors (Lipinski definition) is 0. The molecule has 0 nitrogen and oxygen atoms in total. The van der Waals surface area contributed by atoms with Crippen LogP contribution in [0.5, 0.6) is 0 Å². The van der Waals surface area contributed by atoms with E-state index >= 15 is 0 Å². The number of hydrogen-bond acceptors (Lipinski definition) is 1. The zero-order valence-electron chi connectivity index (χ0n) is 13.9. The third-order valence-electron chi connectivity index (χ3n) is 4.10. The highest BCUT2D eigenvalue weighted by molar-refractivity contribution is 7.26. The van der Waals surface area contributed by atoms with Gasteiger partial charge >= 0.3 is 0 Å². The summed E-state index contributed by atoms with van der Waals surface area (Å²) in [4.78, 5) is 0. The maximum Gasteiger partial charge on any atom is 0.0395 e. The quantitative estimate of drug-likeness (QED) is 0.435. The summed E-state index contributed by atoms with van der Waals surface area (Å²) in [5.74, 6) is 0. The Hall–Kier alpha value is -1.34. The van der Waals surface area contributed by atoms with Gasteiger partial charge in [0.2, 0.25) is 0 Å². The molecule has 0 unspecified atom stereocenters. The third kappa shape index (κ3) is 2.38. The summed E-state index contributed by atoms with van der Waals surface area (Å²) in [7, 11) is 0. The van der Waals surface area contributed by atoms with Crippen LogP contribution < -0.4 is 0 Å². The summed E-state index contributed by atoms with van der Waals surface area (Å²) >= 11 is 1.95. The molecule has 0 aliphatic rings.